The van der Waals surface area contributed by atoms with Gasteiger partial charge in [0.2, 0.25) is 0 Å². The van der Waals surface area contributed by atoms with E-state index in [0.29, 0.717) is 11.3 Å². The fourth-order valence-electron chi connectivity index (χ4n) is 3.59. The maximum Gasteiger partial charge on any atom is 0.338 e. The second-order valence-corrected chi connectivity index (χ2v) is 8.24. The van der Waals surface area contributed by atoms with Gasteiger partial charge in [-0.25, -0.2) is 10.2 Å². The molecule has 0 radical (unpaired) electrons. The molecule has 0 aliphatic carbocycles. The van der Waals surface area contributed by atoms with Crippen molar-refractivity contribution in [1.29, 1.82) is 0 Å². The van der Waals surface area contributed by atoms with Crippen LogP contribution in [0.5, 0.6) is 11.5 Å². The Labute approximate surface area is 225 Å². The van der Waals surface area contributed by atoms with Gasteiger partial charge in [0.1, 0.15) is 5.75 Å². The van der Waals surface area contributed by atoms with Gasteiger partial charge in [-0.2, -0.15) is 5.10 Å². The fraction of sp³-hybridized carbons (Fsp3) is 0.217. The lowest BCUT2D eigenvalue weighted by molar-refractivity contribution is -0.396. The van der Waals surface area contributed by atoms with Gasteiger partial charge in [-0.1, -0.05) is 18.2 Å². The molecule has 0 saturated carbocycles. The predicted octanol–water partition coefficient (Wildman–Crippen LogP) is 2.09. The Balaban J connectivity index is 1.74. The number of hydrogen-bond donors (Lipinski definition) is 4. The number of nitrogens with one attached hydrogen (secondary N) is 3. The van der Waals surface area contributed by atoms with Crippen molar-refractivity contribution >= 4 is 46.8 Å². The Morgan fingerprint density at radius 2 is 1.85 bits per heavy atom. The molecule has 16 heteroatoms. The summed E-state index contributed by atoms with van der Waals surface area (Å²) in [5.41, 5.74) is 1.53. The molecule has 1 atom stereocenters. The summed E-state index contributed by atoms with van der Waals surface area (Å²) in [5, 5.41) is 41.6. The molecule has 39 heavy (non-hydrogen) atoms. The number of esters is 1. The fourth-order valence-corrected chi connectivity index (χ4v) is 3.86. The maximum atomic E-state index is 12.6. The van der Waals surface area contributed by atoms with Gasteiger partial charge >= 0.3 is 17.3 Å². The molecule has 2 aromatic rings. The standard InChI is InChI=1S/C23H22N6O9S/c1-3-37-22(32)19-12(2)25-23(39)26-20(19)14-6-4-5-7-17(14)38-11-18(30)27-24-10-13-8-15(28(33)34)21(31)16(9-13)29(35)36/h4-10,20,31H,3,11H2,1-2H3,(H,27,30)(H2,25,26,39)/t20-/m0/s1. The first-order valence-corrected chi connectivity index (χ1v) is 11.6. The molecule has 0 saturated heterocycles. The molecule has 0 spiro atoms. The van der Waals surface area contributed by atoms with Crippen molar-refractivity contribution in [1.82, 2.24) is 16.1 Å². The molecule has 15 nitrogen and oxygen atoms in total. The van der Waals surface area contributed by atoms with Crippen LogP contribution < -0.4 is 20.8 Å². The number of hydrogen-bond acceptors (Lipinski definition) is 11. The number of para-hydroxylation sites is 1. The Morgan fingerprint density at radius 3 is 2.46 bits per heavy atom. The number of nitro benzene ring substituents is 2. The minimum Gasteiger partial charge on any atom is -0.497 e. The number of ether oxygens (including phenoxy) is 2. The zero-order chi connectivity index (χ0) is 28.7. The molecule has 1 heterocycles. The second-order valence-electron chi connectivity index (χ2n) is 7.83. The molecule has 4 N–H and O–H groups in total. The van der Waals surface area contributed by atoms with Gasteiger partial charge in [0.25, 0.3) is 11.7 Å². The van der Waals surface area contributed by atoms with Crippen LogP contribution in [0.15, 0.2) is 52.8 Å². The molecular formula is C23H22N6O9S. The summed E-state index contributed by atoms with van der Waals surface area (Å²) in [6, 6.07) is 7.65. The molecular weight excluding hydrogens is 536 g/mol. The summed E-state index contributed by atoms with van der Waals surface area (Å²) in [4.78, 5) is 45.1. The highest BCUT2D eigenvalue weighted by Gasteiger charge is 2.32. The number of phenolic OH excluding ortho intramolecular Hbond substituents is 1. The van der Waals surface area contributed by atoms with Gasteiger partial charge in [-0.3, -0.25) is 25.0 Å². The van der Waals surface area contributed by atoms with E-state index in [0.717, 1.165) is 18.3 Å². The van der Waals surface area contributed by atoms with E-state index in [1.54, 1.807) is 38.1 Å². The molecule has 0 aromatic heterocycles. The third-order valence-electron chi connectivity index (χ3n) is 5.24. The molecule has 0 unspecified atom stereocenters. The lowest BCUT2D eigenvalue weighted by Crippen LogP contribution is -2.45. The molecule has 0 bridgehead atoms. The van der Waals surface area contributed by atoms with Crippen molar-refractivity contribution in [2.45, 2.75) is 19.9 Å². The topological polar surface area (TPSA) is 208 Å². The first kappa shape index (κ1) is 28.5. The number of carbonyl (C=O) groups is 2. The van der Waals surface area contributed by atoms with Crippen LogP contribution in [0.1, 0.15) is 31.0 Å². The SMILES string of the molecule is CCOC(=O)C1=C(C)NC(=S)N[C@H]1c1ccccc1OCC(=O)NN=Cc1cc([N+](=O)[O-])c(O)c([N+](=O)[O-])c1. The lowest BCUT2D eigenvalue weighted by Gasteiger charge is -2.30. The average molecular weight is 559 g/mol. The van der Waals surface area contributed by atoms with Crippen molar-refractivity contribution < 1.29 is 34.0 Å². The zero-order valence-electron chi connectivity index (χ0n) is 20.5. The highest BCUT2D eigenvalue weighted by molar-refractivity contribution is 7.80. The summed E-state index contributed by atoms with van der Waals surface area (Å²) in [5.74, 6) is -2.12. The van der Waals surface area contributed by atoms with Gasteiger partial charge < -0.3 is 25.2 Å². The number of allylic oxidation sites excluding steroid dienone is 1. The maximum absolute atomic E-state index is 12.6. The van der Waals surface area contributed by atoms with Gasteiger partial charge in [-0.05, 0) is 32.1 Å². The molecule has 1 aliphatic rings. The van der Waals surface area contributed by atoms with Crippen molar-refractivity contribution in [3.8, 4) is 11.5 Å². The number of aromatic hydroxyl groups is 1. The van der Waals surface area contributed by atoms with E-state index in [9.17, 15) is 34.9 Å². The van der Waals surface area contributed by atoms with E-state index in [1.165, 1.54) is 0 Å². The van der Waals surface area contributed by atoms with Crippen molar-refractivity contribution in [3.63, 3.8) is 0 Å². The van der Waals surface area contributed by atoms with Gasteiger partial charge in [0, 0.05) is 29.0 Å². The van der Waals surface area contributed by atoms with Gasteiger partial charge in [0.05, 0.1) is 34.3 Å². The Bertz CT molecular complexity index is 1370. The Morgan fingerprint density at radius 1 is 1.21 bits per heavy atom. The molecule has 3 rings (SSSR count). The van der Waals surface area contributed by atoms with Gasteiger partial charge in [-0.15, -0.1) is 0 Å². The highest BCUT2D eigenvalue weighted by Crippen LogP contribution is 2.36. The van der Waals surface area contributed by atoms with Crippen LogP contribution >= 0.6 is 12.2 Å². The van der Waals surface area contributed by atoms with Crippen LogP contribution in [-0.4, -0.2) is 51.4 Å². The number of hydrazone groups is 1. The van der Waals surface area contributed by atoms with E-state index in [2.05, 4.69) is 21.2 Å². The number of thiocarbonyl (C=S) groups is 1. The van der Waals surface area contributed by atoms with E-state index >= 15 is 0 Å². The van der Waals surface area contributed by atoms with Crippen LogP contribution in [0.4, 0.5) is 11.4 Å². The summed E-state index contributed by atoms with van der Waals surface area (Å²) >= 11 is 5.24. The number of nitrogens with zero attached hydrogens (tertiary/aromatic N) is 3. The third kappa shape index (κ3) is 6.80. The van der Waals surface area contributed by atoms with Crippen molar-refractivity contribution in [3.05, 3.63) is 79.0 Å². The zero-order valence-corrected chi connectivity index (χ0v) is 21.3. The van der Waals surface area contributed by atoms with Crippen molar-refractivity contribution in [2.75, 3.05) is 13.2 Å². The Hall–Kier alpha value is -5.12. The van der Waals surface area contributed by atoms with E-state index in [-0.39, 0.29) is 28.6 Å². The monoisotopic (exact) mass is 558 g/mol. The number of amides is 1. The smallest absolute Gasteiger partial charge is 0.338 e. The third-order valence-corrected chi connectivity index (χ3v) is 5.46. The van der Waals surface area contributed by atoms with Crippen LogP contribution in [0.3, 0.4) is 0 Å². The van der Waals surface area contributed by atoms with E-state index in [1.807, 2.05) is 0 Å². The first-order valence-electron chi connectivity index (χ1n) is 11.2. The van der Waals surface area contributed by atoms with E-state index in [4.69, 9.17) is 21.7 Å². The molecule has 0 fully saturated rings. The lowest BCUT2D eigenvalue weighted by atomic mass is 9.95. The molecule has 1 aliphatic heterocycles. The summed E-state index contributed by atoms with van der Waals surface area (Å²) < 4.78 is 10.8. The molecule has 2 aromatic carbocycles. The molecule has 1 amide bonds. The normalized spacial score (nSPS) is 14.8. The van der Waals surface area contributed by atoms with Crippen LogP contribution in [0.25, 0.3) is 0 Å². The van der Waals surface area contributed by atoms with Gasteiger partial charge in [0.15, 0.2) is 11.7 Å². The summed E-state index contributed by atoms with van der Waals surface area (Å²) in [6.07, 6.45) is 0.935. The summed E-state index contributed by atoms with van der Waals surface area (Å²) in [6.45, 7) is 3.01. The number of phenols is 1. The van der Waals surface area contributed by atoms with Crippen LogP contribution in [-0.2, 0) is 14.3 Å². The predicted molar refractivity (Wildman–Crippen MR) is 140 cm³/mol. The summed E-state index contributed by atoms with van der Waals surface area (Å²) in [7, 11) is 0. The quantitative estimate of drug-likeness (QED) is 0.109. The second kappa shape index (κ2) is 12.4. The largest absolute Gasteiger partial charge is 0.497 e. The first-order chi connectivity index (χ1) is 18.5. The number of carbonyl (C=O) groups excluding carboxylic acids is 2. The van der Waals surface area contributed by atoms with Crippen molar-refractivity contribution in [2.24, 2.45) is 5.10 Å². The van der Waals surface area contributed by atoms with Crippen LogP contribution in [0.2, 0.25) is 0 Å². The minimum atomic E-state index is -1.10. The number of rotatable bonds is 10. The minimum absolute atomic E-state index is 0.112. The average Bonchev–Trinajstić information content (AvgIpc) is 2.87. The number of nitro groups is 2. The van der Waals surface area contributed by atoms with Crippen LogP contribution in [0, 0.1) is 20.2 Å². The number of benzene rings is 2. The Kier molecular flexibility index (Phi) is 9.06. The highest BCUT2D eigenvalue weighted by atomic mass is 32.1. The molecule has 204 valence electrons. The van der Waals surface area contributed by atoms with E-state index < -0.39 is 51.5 Å².